The van der Waals surface area contributed by atoms with E-state index in [2.05, 4.69) is 0 Å². The predicted octanol–water partition coefficient (Wildman–Crippen LogP) is 1.33. The lowest BCUT2D eigenvalue weighted by atomic mass is 10.1. The number of phenols is 1. The Labute approximate surface area is 85.5 Å². The van der Waals surface area contributed by atoms with Gasteiger partial charge in [-0.05, 0) is 13.3 Å². The molecule has 6 heteroatoms. The summed E-state index contributed by atoms with van der Waals surface area (Å²) in [5, 5.41) is 19.7. The zero-order valence-corrected chi connectivity index (χ0v) is 8.11. The first-order chi connectivity index (χ1) is 6.91. The SMILES string of the molecule is CC(N)Cc1cc([N+](=O)[O-])cc(F)c1O. The van der Waals surface area contributed by atoms with Crippen molar-refractivity contribution in [3.63, 3.8) is 0 Å². The lowest BCUT2D eigenvalue weighted by Gasteiger charge is -2.07. The number of hydrogen-bond acceptors (Lipinski definition) is 4. The number of nitrogens with two attached hydrogens (primary N) is 1. The number of hydrogen-bond donors (Lipinski definition) is 2. The predicted molar refractivity (Wildman–Crippen MR) is 52.1 cm³/mol. The van der Waals surface area contributed by atoms with Gasteiger partial charge in [-0.3, -0.25) is 10.1 Å². The first-order valence-corrected chi connectivity index (χ1v) is 4.33. The number of phenolic OH excluding ortho intramolecular Hbond substituents is 1. The number of rotatable bonds is 3. The summed E-state index contributed by atoms with van der Waals surface area (Å²) >= 11 is 0. The Morgan fingerprint density at radius 1 is 1.67 bits per heavy atom. The second kappa shape index (κ2) is 4.22. The van der Waals surface area contributed by atoms with E-state index in [0.717, 1.165) is 6.07 Å². The normalized spacial score (nSPS) is 12.5. The van der Waals surface area contributed by atoms with Crippen molar-refractivity contribution in [3.8, 4) is 5.75 Å². The molecule has 0 saturated carbocycles. The summed E-state index contributed by atoms with van der Waals surface area (Å²) < 4.78 is 13.1. The van der Waals surface area contributed by atoms with Crippen LogP contribution < -0.4 is 5.73 Å². The van der Waals surface area contributed by atoms with Crippen LogP contribution in [0.15, 0.2) is 12.1 Å². The molecule has 0 fully saturated rings. The molecule has 1 aromatic carbocycles. The molecular weight excluding hydrogens is 203 g/mol. The van der Waals surface area contributed by atoms with Crippen LogP contribution >= 0.6 is 0 Å². The molecule has 3 N–H and O–H groups in total. The summed E-state index contributed by atoms with van der Waals surface area (Å²) in [5.74, 6) is -1.57. The first-order valence-electron chi connectivity index (χ1n) is 4.33. The fraction of sp³-hybridized carbons (Fsp3) is 0.333. The standard InChI is InChI=1S/C9H11FN2O3/c1-5(11)2-6-3-7(12(14)15)4-8(10)9(6)13/h3-5,13H,2,11H2,1H3. The van der Waals surface area contributed by atoms with Crippen LogP contribution in [0, 0.1) is 15.9 Å². The van der Waals surface area contributed by atoms with Crippen LogP contribution in [-0.4, -0.2) is 16.1 Å². The highest BCUT2D eigenvalue weighted by Crippen LogP contribution is 2.27. The smallest absolute Gasteiger partial charge is 0.272 e. The van der Waals surface area contributed by atoms with Crippen LogP contribution in [0.4, 0.5) is 10.1 Å². The van der Waals surface area contributed by atoms with Gasteiger partial charge in [0, 0.05) is 17.7 Å². The third-order valence-corrected chi connectivity index (χ3v) is 1.88. The highest BCUT2D eigenvalue weighted by Gasteiger charge is 2.16. The number of nitro groups is 1. The summed E-state index contributed by atoms with van der Waals surface area (Å²) in [6, 6.07) is 1.50. The maximum Gasteiger partial charge on any atom is 0.272 e. The van der Waals surface area contributed by atoms with E-state index in [-0.39, 0.29) is 23.7 Å². The minimum absolute atomic E-state index is 0.150. The van der Waals surface area contributed by atoms with Crippen molar-refractivity contribution in [1.29, 1.82) is 0 Å². The Morgan fingerprint density at radius 3 is 2.73 bits per heavy atom. The molecule has 0 amide bonds. The van der Waals surface area contributed by atoms with Gasteiger partial charge in [0.05, 0.1) is 11.0 Å². The number of nitrogens with zero attached hydrogens (tertiary/aromatic N) is 1. The number of benzene rings is 1. The minimum atomic E-state index is -1.00. The molecule has 0 bridgehead atoms. The van der Waals surface area contributed by atoms with Gasteiger partial charge in [-0.25, -0.2) is 4.39 Å². The summed E-state index contributed by atoms with van der Waals surface area (Å²) in [4.78, 5) is 9.71. The summed E-state index contributed by atoms with van der Waals surface area (Å²) in [5.41, 5.74) is 5.23. The maximum atomic E-state index is 13.1. The Morgan fingerprint density at radius 2 is 2.27 bits per heavy atom. The number of nitro benzene ring substituents is 1. The largest absolute Gasteiger partial charge is 0.505 e. The molecule has 0 saturated heterocycles. The molecule has 0 heterocycles. The van der Waals surface area contributed by atoms with Crippen LogP contribution in [0.5, 0.6) is 5.75 Å². The van der Waals surface area contributed by atoms with Gasteiger partial charge in [0.25, 0.3) is 5.69 Å². The van der Waals surface area contributed by atoms with Crippen molar-refractivity contribution in [2.24, 2.45) is 5.73 Å². The fourth-order valence-electron chi connectivity index (χ4n) is 1.25. The number of halogens is 1. The molecule has 1 atom stereocenters. The van der Waals surface area contributed by atoms with Gasteiger partial charge in [-0.15, -0.1) is 0 Å². The fourth-order valence-corrected chi connectivity index (χ4v) is 1.25. The Hall–Kier alpha value is -1.69. The molecule has 82 valence electrons. The maximum absolute atomic E-state index is 13.1. The molecule has 0 aromatic heterocycles. The van der Waals surface area contributed by atoms with Crippen molar-refractivity contribution in [3.05, 3.63) is 33.6 Å². The summed E-state index contributed by atoms with van der Waals surface area (Å²) in [6.07, 6.45) is 0.185. The topological polar surface area (TPSA) is 89.4 Å². The van der Waals surface area contributed by atoms with E-state index >= 15 is 0 Å². The lowest BCUT2D eigenvalue weighted by molar-refractivity contribution is -0.385. The molecule has 1 aromatic rings. The van der Waals surface area contributed by atoms with Gasteiger partial charge >= 0.3 is 0 Å². The Balaban J connectivity index is 3.19. The van der Waals surface area contributed by atoms with Crippen molar-refractivity contribution >= 4 is 5.69 Å². The van der Waals surface area contributed by atoms with Gasteiger partial charge < -0.3 is 10.8 Å². The first kappa shape index (κ1) is 11.4. The quantitative estimate of drug-likeness (QED) is 0.586. The minimum Gasteiger partial charge on any atom is -0.505 e. The average Bonchev–Trinajstić information content (AvgIpc) is 2.11. The van der Waals surface area contributed by atoms with E-state index in [0.29, 0.717) is 6.07 Å². The molecule has 0 aliphatic carbocycles. The molecule has 0 aliphatic heterocycles. The van der Waals surface area contributed by atoms with E-state index in [1.165, 1.54) is 0 Å². The highest BCUT2D eigenvalue weighted by atomic mass is 19.1. The lowest BCUT2D eigenvalue weighted by Crippen LogP contribution is -2.18. The van der Waals surface area contributed by atoms with Crippen LogP contribution in [-0.2, 0) is 6.42 Å². The van der Waals surface area contributed by atoms with Gasteiger partial charge in [-0.2, -0.15) is 0 Å². The van der Waals surface area contributed by atoms with Gasteiger partial charge in [0.2, 0.25) is 0 Å². The molecule has 1 rings (SSSR count). The summed E-state index contributed by atoms with van der Waals surface area (Å²) in [6.45, 7) is 1.66. The molecule has 0 aliphatic rings. The molecular formula is C9H11FN2O3. The van der Waals surface area contributed by atoms with E-state index in [1.807, 2.05) is 0 Å². The molecule has 15 heavy (non-hydrogen) atoms. The monoisotopic (exact) mass is 214 g/mol. The van der Waals surface area contributed by atoms with E-state index in [1.54, 1.807) is 6.92 Å². The highest BCUT2D eigenvalue weighted by molar-refractivity contribution is 5.44. The number of aromatic hydroxyl groups is 1. The molecule has 0 radical (unpaired) electrons. The van der Waals surface area contributed by atoms with Crippen molar-refractivity contribution in [2.45, 2.75) is 19.4 Å². The van der Waals surface area contributed by atoms with Crippen LogP contribution in [0.3, 0.4) is 0 Å². The molecule has 0 spiro atoms. The van der Waals surface area contributed by atoms with Gasteiger partial charge in [-0.1, -0.05) is 0 Å². The van der Waals surface area contributed by atoms with E-state index in [9.17, 15) is 19.6 Å². The Bertz CT molecular complexity index is 393. The molecule has 1 unspecified atom stereocenters. The second-order valence-electron chi connectivity index (χ2n) is 3.37. The molecule has 5 nitrogen and oxygen atoms in total. The van der Waals surface area contributed by atoms with Crippen LogP contribution in [0.2, 0.25) is 0 Å². The third kappa shape index (κ3) is 2.63. The van der Waals surface area contributed by atoms with Crippen LogP contribution in [0.1, 0.15) is 12.5 Å². The second-order valence-corrected chi connectivity index (χ2v) is 3.37. The van der Waals surface area contributed by atoms with Crippen LogP contribution in [0.25, 0.3) is 0 Å². The van der Waals surface area contributed by atoms with Gasteiger partial charge in [0.15, 0.2) is 11.6 Å². The average molecular weight is 214 g/mol. The number of non-ortho nitro benzene ring substituents is 1. The van der Waals surface area contributed by atoms with Gasteiger partial charge in [0.1, 0.15) is 0 Å². The third-order valence-electron chi connectivity index (χ3n) is 1.88. The van der Waals surface area contributed by atoms with E-state index in [4.69, 9.17) is 5.73 Å². The summed E-state index contributed by atoms with van der Waals surface area (Å²) in [7, 11) is 0. The zero-order valence-electron chi connectivity index (χ0n) is 8.11. The van der Waals surface area contributed by atoms with Crippen molar-refractivity contribution in [2.75, 3.05) is 0 Å². The van der Waals surface area contributed by atoms with Crippen molar-refractivity contribution < 1.29 is 14.4 Å². The zero-order chi connectivity index (χ0) is 11.6. The Kier molecular flexibility index (Phi) is 3.21. The van der Waals surface area contributed by atoms with E-state index < -0.39 is 16.5 Å². The van der Waals surface area contributed by atoms with Crippen molar-refractivity contribution in [1.82, 2.24) is 0 Å².